The van der Waals surface area contributed by atoms with Crippen molar-refractivity contribution in [3.8, 4) is 5.75 Å². The molecule has 3 aromatic rings. The molecule has 4 rings (SSSR count). The molecule has 30 heavy (non-hydrogen) atoms. The highest BCUT2D eigenvalue weighted by molar-refractivity contribution is 7.90. The third kappa shape index (κ3) is 4.33. The average molecular weight is 447 g/mol. The lowest BCUT2D eigenvalue weighted by atomic mass is 10.1. The molecule has 1 amide bonds. The van der Waals surface area contributed by atoms with Crippen molar-refractivity contribution in [1.29, 1.82) is 0 Å². The molecular formula is C21H22N2O5S2. The minimum Gasteiger partial charge on any atom is -0.497 e. The van der Waals surface area contributed by atoms with Gasteiger partial charge >= 0.3 is 0 Å². The number of carbonyl (C=O) groups excluding carboxylic acids is 1. The van der Waals surface area contributed by atoms with Gasteiger partial charge in [0.05, 0.1) is 34.9 Å². The summed E-state index contributed by atoms with van der Waals surface area (Å²) in [5.74, 6) is 0.487. The van der Waals surface area contributed by atoms with Gasteiger partial charge in [-0.15, -0.1) is 0 Å². The molecule has 2 heterocycles. The van der Waals surface area contributed by atoms with Crippen molar-refractivity contribution in [2.75, 3.05) is 31.4 Å². The van der Waals surface area contributed by atoms with Crippen LogP contribution in [0.4, 0.5) is 5.13 Å². The van der Waals surface area contributed by atoms with Gasteiger partial charge in [-0.2, -0.15) is 0 Å². The fourth-order valence-corrected chi connectivity index (χ4v) is 5.10. The molecule has 0 radical (unpaired) electrons. The van der Waals surface area contributed by atoms with Crippen molar-refractivity contribution in [3.63, 3.8) is 0 Å². The number of hydrogen-bond donors (Lipinski definition) is 0. The van der Waals surface area contributed by atoms with E-state index in [1.165, 1.54) is 23.7 Å². The highest BCUT2D eigenvalue weighted by atomic mass is 32.2. The van der Waals surface area contributed by atoms with Gasteiger partial charge in [-0.25, -0.2) is 13.4 Å². The maximum atomic E-state index is 13.3. The number of hydrogen-bond acceptors (Lipinski definition) is 7. The Kier molecular flexibility index (Phi) is 5.77. The van der Waals surface area contributed by atoms with E-state index in [-0.39, 0.29) is 16.9 Å². The fraction of sp³-hybridized carbons (Fsp3) is 0.333. The van der Waals surface area contributed by atoms with Crippen LogP contribution in [0.25, 0.3) is 10.2 Å². The van der Waals surface area contributed by atoms with Gasteiger partial charge in [-0.05, 0) is 55.3 Å². The van der Waals surface area contributed by atoms with Crippen molar-refractivity contribution in [1.82, 2.24) is 4.98 Å². The second-order valence-corrected chi connectivity index (χ2v) is 10.2. The van der Waals surface area contributed by atoms with Crippen LogP contribution in [0, 0.1) is 0 Å². The first-order chi connectivity index (χ1) is 14.3. The van der Waals surface area contributed by atoms with Crippen molar-refractivity contribution in [3.05, 3.63) is 48.0 Å². The summed E-state index contributed by atoms with van der Waals surface area (Å²) in [6.45, 7) is 1.08. The van der Waals surface area contributed by atoms with Crippen LogP contribution in [0.2, 0.25) is 0 Å². The summed E-state index contributed by atoms with van der Waals surface area (Å²) in [4.78, 5) is 19.8. The highest BCUT2D eigenvalue weighted by Gasteiger charge is 2.27. The summed E-state index contributed by atoms with van der Waals surface area (Å²) < 4.78 is 35.4. The topological polar surface area (TPSA) is 85.8 Å². The lowest BCUT2D eigenvalue weighted by molar-refractivity contribution is 0.0917. The minimum atomic E-state index is -3.32. The predicted molar refractivity (Wildman–Crippen MR) is 116 cm³/mol. The zero-order valence-electron chi connectivity index (χ0n) is 16.7. The molecule has 0 bridgehead atoms. The molecule has 0 spiro atoms. The molecule has 9 heteroatoms. The molecule has 1 saturated heterocycles. The van der Waals surface area contributed by atoms with Crippen LogP contribution in [-0.4, -0.2) is 51.9 Å². The molecule has 1 fully saturated rings. The second-order valence-electron chi connectivity index (χ2n) is 7.18. The number of sulfone groups is 1. The van der Waals surface area contributed by atoms with Gasteiger partial charge in [0.25, 0.3) is 5.91 Å². The molecule has 2 aromatic carbocycles. The van der Waals surface area contributed by atoms with Gasteiger partial charge in [-0.1, -0.05) is 11.3 Å². The summed E-state index contributed by atoms with van der Waals surface area (Å²) in [6, 6.07) is 11.7. The number of benzene rings is 2. The van der Waals surface area contributed by atoms with Crippen LogP contribution in [-0.2, 0) is 14.6 Å². The number of methoxy groups -OCH3 is 1. The summed E-state index contributed by atoms with van der Waals surface area (Å²) in [5, 5.41) is 0.520. The van der Waals surface area contributed by atoms with E-state index >= 15 is 0 Å². The molecule has 1 unspecified atom stereocenters. The van der Waals surface area contributed by atoms with Crippen LogP contribution in [0.5, 0.6) is 5.75 Å². The lowest BCUT2D eigenvalue weighted by Crippen LogP contribution is -2.37. The average Bonchev–Trinajstić information content (AvgIpc) is 3.39. The smallest absolute Gasteiger partial charge is 0.260 e. The SMILES string of the molecule is COc1ccc(C(=O)N(CC2CCCO2)c2nc3ccc(S(C)(=O)=O)cc3s2)cc1. The van der Waals surface area contributed by atoms with Gasteiger partial charge in [0.1, 0.15) is 5.75 Å². The zero-order valence-corrected chi connectivity index (χ0v) is 18.3. The Morgan fingerprint density at radius 1 is 1.27 bits per heavy atom. The largest absolute Gasteiger partial charge is 0.497 e. The highest BCUT2D eigenvalue weighted by Crippen LogP contribution is 2.32. The second kappa shape index (κ2) is 8.33. The number of carbonyl (C=O) groups is 1. The van der Waals surface area contributed by atoms with Crippen LogP contribution >= 0.6 is 11.3 Å². The van der Waals surface area contributed by atoms with Gasteiger partial charge in [0.15, 0.2) is 15.0 Å². The first-order valence-electron chi connectivity index (χ1n) is 9.53. The maximum Gasteiger partial charge on any atom is 0.260 e. The third-order valence-corrected chi connectivity index (χ3v) is 7.15. The van der Waals surface area contributed by atoms with E-state index in [4.69, 9.17) is 9.47 Å². The molecule has 0 aliphatic carbocycles. The van der Waals surface area contributed by atoms with Crippen molar-refractivity contribution in [2.24, 2.45) is 0 Å². The molecule has 1 aliphatic rings. The summed E-state index contributed by atoms with van der Waals surface area (Å²) in [7, 11) is -1.75. The first-order valence-corrected chi connectivity index (χ1v) is 12.2. The van der Waals surface area contributed by atoms with E-state index in [9.17, 15) is 13.2 Å². The molecular weight excluding hydrogens is 424 g/mol. The van der Waals surface area contributed by atoms with Crippen LogP contribution in [0.15, 0.2) is 47.4 Å². The Hall–Kier alpha value is -2.49. The van der Waals surface area contributed by atoms with E-state index in [1.807, 2.05) is 0 Å². The van der Waals surface area contributed by atoms with Gasteiger partial charge in [-0.3, -0.25) is 9.69 Å². The number of aromatic nitrogens is 1. The van der Waals surface area contributed by atoms with E-state index in [1.54, 1.807) is 48.4 Å². The number of fused-ring (bicyclic) bond motifs is 1. The Morgan fingerprint density at radius 3 is 2.67 bits per heavy atom. The number of amides is 1. The monoisotopic (exact) mass is 446 g/mol. The summed E-state index contributed by atoms with van der Waals surface area (Å²) >= 11 is 1.30. The predicted octanol–water partition coefficient (Wildman–Crippen LogP) is 3.53. The van der Waals surface area contributed by atoms with E-state index in [0.29, 0.717) is 39.8 Å². The van der Waals surface area contributed by atoms with Crippen molar-refractivity contribution >= 4 is 42.4 Å². The van der Waals surface area contributed by atoms with E-state index in [2.05, 4.69) is 4.98 Å². The lowest BCUT2D eigenvalue weighted by Gasteiger charge is -2.23. The Balaban J connectivity index is 1.71. The van der Waals surface area contributed by atoms with Crippen LogP contribution in [0.1, 0.15) is 23.2 Å². The third-order valence-electron chi connectivity index (χ3n) is 5.00. The molecule has 1 aromatic heterocycles. The number of ether oxygens (including phenoxy) is 2. The van der Waals surface area contributed by atoms with E-state index < -0.39 is 9.84 Å². The molecule has 0 N–H and O–H groups in total. The zero-order chi connectivity index (χ0) is 21.3. The van der Waals surface area contributed by atoms with Crippen LogP contribution in [0.3, 0.4) is 0 Å². The van der Waals surface area contributed by atoms with E-state index in [0.717, 1.165) is 12.8 Å². The molecule has 0 saturated carbocycles. The van der Waals surface area contributed by atoms with Crippen molar-refractivity contribution < 1.29 is 22.7 Å². The van der Waals surface area contributed by atoms with Gasteiger partial charge < -0.3 is 9.47 Å². The summed E-state index contributed by atoms with van der Waals surface area (Å²) in [5.41, 5.74) is 1.17. The molecule has 1 atom stereocenters. The Morgan fingerprint density at radius 2 is 2.03 bits per heavy atom. The number of thiazole rings is 1. The number of nitrogens with zero attached hydrogens (tertiary/aromatic N) is 2. The molecule has 1 aliphatic heterocycles. The first kappa shape index (κ1) is 20.8. The van der Waals surface area contributed by atoms with Crippen LogP contribution < -0.4 is 9.64 Å². The number of anilines is 1. The fourth-order valence-electron chi connectivity index (χ4n) is 3.37. The quantitative estimate of drug-likeness (QED) is 0.576. The van der Waals surface area contributed by atoms with Gasteiger partial charge in [0.2, 0.25) is 0 Å². The minimum absolute atomic E-state index is 0.0502. The molecule has 7 nitrogen and oxygen atoms in total. The standard InChI is InChI=1S/C21H22N2O5S2/c1-27-15-7-5-14(6-8-15)20(24)23(13-16-4-3-11-28-16)21-22-18-10-9-17(30(2,25)26)12-19(18)29-21/h5-10,12,16H,3-4,11,13H2,1-2H3. The Labute approximate surface area is 179 Å². The number of rotatable bonds is 6. The Bertz CT molecular complexity index is 1170. The van der Waals surface area contributed by atoms with Crippen molar-refractivity contribution in [2.45, 2.75) is 23.8 Å². The maximum absolute atomic E-state index is 13.3. The van der Waals surface area contributed by atoms with Gasteiger partial charge in [0, 0.05) is 18.4 Å². The normalized spacial score (nSPS) is 16.7. The molecule has 158 valence electrons. The summed E-state index contributed by atoms with van der Waals surface area (Å²) in [6.07, 6.45) is 2.97.